The number of nitrogens with zero attached hydrogens (tertiary/aromatic N) is 2. The van der Waals surface area contributed by atoms with Crippen molar-refractivity contribution in [3.8, 4) is 0 Å². The van der Waals surface area contributed by atoms with Crippen LogP contribution in [0.15, 0.2) is 60.2 Å². The third-order valence-electron chi connectivity index (χ3n) is 6.02. The van der Waals surface area contributed by atoms with E-state index in [0.29, 0.717) is 12.1 Å². The molecule has 0 aromatic heterocycles. The Morgan fingerprint density at radius 2 is 1.61 bits per heavy atom. The molecule has 164 valence electrons. The number of rotatable bonds is 8. The summed E-state index contributed by atoms with van der Waals surface area (Å²) in [6, 6.07) is 16.1. The van der Waals surface area contributed by atoms with E-state index in [2.05, 4.69) is 13.8 Å². The molecule has 2 N–H and O–H groups in total. The number of quaternary nitrogens is 1. The third kappa shape index (κ3) is 4.64. The van der Waals surface area contributed by atoms with E-state index in [1.165, 1.54) is 4.90 Å². The average Bonchev–Trinajstić information content (AvgIpc) is 3.04. The van der Waals surface area contributed by atoms with Crippen LogP contribution in [-0.4, -0.2) is 62.0 Å². The summed E-state index contributed by atoms with van der Waals surface area (Å²) in [5.41, 5.74) is 2.53. The first-order valence-electron chi connectivity index (χ1n) is 10.8. The van der Waals surface area contributed by atoms with E-state index in [1.54, 1.807) is 29.2 Å². The maximum atomic E-state index is 13.0. The average molecular weight is 423 g/mol. The van der Waals surface area contributed by atoms with Gasteiger partial charge in [-0.25, -0.2) is 0 Å². The molecular weight excluding hydrogens is 390 g/mol. The first kappa shape index (κ1) is 22.6. The maximum Gasteiger partial charge on any atom is 0.295 e. The van der Waals surface area contributed by atoms with Crippen molar-refractivity contribution in [2.75, 3.05) is 45.2 Å². The molecule has 1 amide bonds. The van der Waals surface area contributed by atoms with Gasteiger partial charge in [-0.3, -0.25) is 9.59 Å². The second-order valence-corrected chi connectivity index (χ2v) is 8.05. The molecule has 0 radical (unpaired) electrons. The van der Waals surface area contributed by atoms with Crippen LogP contribution in [0.3, 0.4) is 0 Å². The van der Waals surface area contributed by atoms with Crippen molar-refractivity contribution in [3.63, 3.8) is 0 Å². The first-order chi connectivity index (χ1) is 14.9. The molecule has 1 aliphatic rings. The second kappa shape index (κ2) is 9.79. The number of ketones is 1. The zero-order chi connectivity index (χ0) is 22.5. The minimum absolute atomic E-state index is 0.127. The minimum atomic E-state index is -0.627. The number of hydrogen-bond acceptors (Lipinski definition) is 4. The van der Waals surface area contributed by atoms with Crippen molar-refractivity contribution in [1.29, 1.82) is 0 Å². The predicted octanol–water partition coefficient (Wildman–Crippen LogP) is 2.10. The summed E-state index contributed by atoms with van der Waals surface area (Å²) in [5.74, 6) is -1.30. The van der Waals surface area contributed by atoms with Gasteiger partial charge in [-0.2, -0.15) is 0 Å². The van der Waals surface area contributed by atoms with Crippen molar-refractivity contribution in [2.24, 2.45) is 0 Å². The number of likely N-dealkylation sites (tertiary alicyclic amines) is 1. The molecule has 1 heterocycles. The van der Waals surface area contributed by atoms with Crippen LogP contribution in [-0.2, 0) is 9.59 Å². The van der Waals surface area contributed by atoms with Crippen molar-refractivity contribution in [1.82, 2.24) is 4.90 Å². The Labute approximate surface area is 184 Å². The number of nitrogens with one attached hydrogen (secondary N) is 1. The van der Waals surface area contributed by atoms with E-state index < -0.39 is 17.7 Å². The first-order valence-corrected chi connectivity index (χ1v) is 10.8. The molecule has 6 nitrogen and oxygen atoms in total. The number of likely N-dealkylation sites (N-methyl/N-ethyl adjacent to an activating group) is 1. The van der Waals surface area contributed by atoms with Crippen LogP contribution in [0.4, 0.5) is 5.69 Å². The molecule has 2 aromatic carbocycles. The van der Waals surface area contributed by atoms with Gasteiger partial charge in [0, 0.05) is 25.3 Å². The van der Waals surface area contributed by atoms with Crippen LogP contribution in [0.25, 0.3) is 5.76 Å². The zero-order valence-corrected chi connectivity index (χ0v) is 18.8. The minimum Gasteiger partial charge on any atom is -0.507 e. The van der Waals surface area contributed by atoms with E-state index in [9.17, 15) is 14.7 Å². The molecule has 1 fully saturated rings. The molecule has 31 heavy (non-hydrogen) atoms. The topological polar surface area (TPSA) is 65.3 Å². The molecular formula is C25H32N3O3+. The summed E-state index contributed by atoms with van der Waals surface area (Å²) in [5, 5.41) is 11.0. The smallest absolute Gasteiger partial charge is 0.295 e. The zero-order valence-electron chi connectivity index (χ0n) is 18.8. The molecule has 3 rings (SSSR count). The van der Waals surface area contributed by atoms with Crippen LogP contribution in [0.2, 0.25) is 0 Å². The molecule has 0 saturated carbocycles. The highest BCUT2D eigenvalue weighted by Gasteiger charge is 2.46. The van der Waals surface area contributed by atoms with Gasteiger partial charge in [0.2, 0.25) is 0 Å². The number of Topliss-reactive ketones (excluding diaryl/α,β-unsaturated/α-hetero) is 1. The Balaban J connectivity index is 2.08. The standard InChI is InChI=1S/C25H31N3O3/c1-5-27(6-2)16-17-28-22(18-12-14-20(15-13-18)26(3)4)21(24(30)25(28)31)23(29)19-10-8-7-9-11-19/h7-15,22,29H,5-6,16-17H2,1-4H3/p+1/t22-/m0/s1. The summed E-state index contributed by atoms with van der Waals surface area (Å²) >= 11 is 0. The fourth-order valence-corrected chi connectivity index (χ4v) is 4.05. The monoisotopic (exact) mass is 422 g/mol. The second-order valence-electron chi connectivity index (χ2n) is 8.05. The van der Waals surface area contributed by atoms with Crippen LogP contribution in [0, 0.1) is 0 Å². The van der Waals surface area contributed by atoms with Gasteiger partial charge in [-0.05, 0) is 31.5 Å². The number of carbonyl (C=O) groups excluding carboxylic acids is 2. The number of aliphatic hydroxyl groups excluding tert-OH is 1. The number of hydrogen-bond donors (Lipinski definition) is 2. The molecule has 6 heteroatoms. The van der Waals surface area contributed by atoms with E-state index in [-0.39, 0.29) is 11.3 Å². The lowest BCUT2D eigenvalue weighted by Crippen LogP contribution is -3.12. The number of amides is 1. The largest absolute Gasteiger partial charge is 0.507 e. The highest BCUT2D eigenvalue weighted by molar-refractivity contribution is 6.46. The van der Waals surface area contributed by atoms with Crippen molar-refractivity contribution in [2.45, 2.75) is 19.9 Å². The summed E-state index contributed by atoms with van der Waals surface area (Å²) in [6.45, 7) is 7.32. The normalized spacial score (nSPS) is 18.1. The molecule has 0 spiro atoms. The number of anilines is 1. The van der Waals surface area contributed by atoms with Crippen LogP contribution >= 0.6 is 0 Å². The summed E-state index contributed by atoms with van der Waals surface area (Å²) in [4.78, 5) is 31.0. The van der Waals surface area contributed by atoms with E-state index >= 15 is 0 Å². The van der Waals surface area contributed by atoms with Gasteiger partial charge in [-0.1, -0.05) is 42.5 Å². The van der Waals surface area contributed by atoms with Crippen LogP contribution in [0.1, 0.15) is 31.0 Å². The molecule has 2 aromatic rings. The van der Waals surface area contributed by atoms with Crippen molar-refractivity contribution < 1.29 is 19.6 Å². The van der Waals surface area contributed by atoms with Gasteiger partial charge in [0.15, 0.2) is 0 Å². The van der Waals surface area contributed by atoms with E-state index in [1.807, 2.05) is 49.3 Å². The molecule has 0 bridgehead atoms. The summed E-state index contributed by atoms with van der Waals surface area (Å²) < 4.78 is 0. The fourth-order valence-electron chi connectivity index (χ4n) is 4.05. The molecule has 0 unspecified atom stereocenters. The predicted molar refractivity (Wildman–Crippen MR) is 123 cm³/mol. The lowest BCUT2D eigenvalue weighted by molar-refractivity contribution is -0.895. The fraction of sp³-hybridized carbons (Fsp3) is 0.360. The Bertz CT molecular complexity index is 948. The number of carbonyl (C=O) groups is 2. The third-order valence-corrected chi connectivity index (χ3v) is 6.02. The van der Waals surface area contributed by atoms with Gasteiger partial charge in [-0.15, -0.1) is 0 Å². The van der Waals surface area contributed by atoms with E-state index in [0.717, 1.165) is 30.9 Å². The van der Waals surface area contributed by atoms with Gasteiger partial charge in [0.25, 0.3) is 11.7 Å². The van der Waals surface area contributed by atoms with Gasteiger partial charge < -0.3 is 19.8 Å². The molecule has 0 aliphatic carbocycles. The maximum absolute atomic E-state index is 13.0. The number of benzene rings is 2. The van der Waals surface area contributed by atoms with Crippen molar-refractivity contribution >= 4 is 23.1 Å². The van der Waals surface area contributed by atoms with Crippen LogP contribution < -0.4 is 9.80 Å². The quantitative estimate of drug-likeness (QED) is 0.389. The highest BCUT2D eigenvalue weighted by Crippen LogP contribution is 2.39. The summed E-state index contributed by atoms with van der Waals surface area (Å²) in [7, 11) is 3.92. The van der Waals surface area contributed by atoms with E-state index in [4.69, 9.17) is 0 Å². The Morgan fingerprint density at radius 1 is 1.00 bits per heavy atom. The summed E-state index contributed by atoms with van der Waals surface area (Å²) in [6.07, 6.45) is 0. The highest BCUT2D eigenvalue weighted by atomic mass is 16.3. The SMILES string of the molecule is CC[NH+](CC)CCN1C(=O)C(=O)C(=C(O)c2ccccc2)[C@@H]1c1ccc(N(C)C)cc1. The Hall–Kier alpha value is -3.12. The Kier molecular flexibility index (Phi) is 7.13. The van der Waals surface area contributed by atoms with Crippen LogP contribution in [0.5, 0.6) is 0 Å². The van der Waals surface area contributed by atoms with Gasteiger partial charge in [0.05, 0.1) is 37.8 Å². The Morgan fingerprint density at radius 3 is 2.16 bits per heavy atom. The van der Waals surface area contributed by atoms with Gasteiger partial charge in [0.1, 0.15) is 5.76 Å². The lowest BCUT2D eigenvalue weighted by atomic mass is 9.95. The lowest BCUT2D eigenvalue weighted by Gasteiger charge is -2.27. The molecule has 1 atom stereocenters. The molecule has 1 aliphatic heterocycles. The van der Waals surface area contributed by atoms with Crippen molar-refractivity contribution in [3.05, 3.63) is 71.3 Å². The van der Waals surface area contributed by atoms with Gasteiger partial charge >= 0.3 is 0 Å². The number of aliphatic hydroxyl groups is 1. The molecule has 1 saturated heterocycles.